The number of hydrogen-bond donors (Lipinski definition) is 3. The van der Waals surface area contributed by atoms with E-state index in [0.29, 0.717) is 17.7 Å². The lowest BCUT2D eigenvalue weighted by atomic mass is 9.96. The Hall–Kier alpha value is -4.65. The van der Waals surface area contributed by atoms with Gasteiger partial charge in [0, 0.05) is 12.3 Å². The summed E-state index contributed by atoms with van der Waals surface area (Å²) in [5.74, 6) is -0.948. The maximum absolute atomic E-state index is 13.9. The molecule has 2 aliphatic rings. The van der Waals surface area contributed by atoms with Crippen LogP contribution in [-0.2, 0) is 14.4 Å². The fourth-order valence-electron chi connectivity index (χ4n) is 4.25. The molecule has 200 valence electrons. The van der Waals surface area contributed by atoms with Gasteiger partial charge in [-0.1, -0.05) is 93.1 Å². The number of amides is 3. The first-order valence-corrected chi connectivity index (χ1v) is 13.1. The third kappa shape index (κ3) is 7.45. The van der Waals surface area contributed by atoms with Gasteiger partial charge in [0.1, 0.15) is 17.8 Å². The first kappa shape index (κ1) is 27.4. The van der Waals surface area contributed by atoms with Gasteiger partial charge >= 0.3 is 0 Å². The Kier molecular flexibility index (Phi) is 9.29. The van der Waals surface area contributed by atoms with Crippen molar-refractivity contribution in [2.24, 2.45) is 5.92 Å². The van der Waals surface area contributed by atoms with E-state index in [9.17, 15) is 14.4 Å². The molecule has 7 heteroatoms. The molecule has 4 atom stereocenters. The number of benzene rings is 3. The molecular formula is C32H33N3O4. The fraction of sp³-hybridized carbons (Fsp3) is 0.219. The zero-order valence-corrected chi connectivity index (χ0v) is 22.0. The van der Waals surface area contributed by atoms with Crippen molar-refractivity contribution >= 4 is 29.9 Å². The molecule has 3 aromatic carbocycles. The molecule has 3 amide bonds. The smallest absolute Gasteiger partial charge is 0.247 e. The number of rotatable bonds is 6. The van der Waals surface area contributed by atoms with Crippen LogP contribution >= 0.6 is 0 Å². The second-order valence-electron chi connectivity index (χ2n) is 9.46. The molecule has 3 aromatic rings. The Morgan fingerprint density at radius 3 is 2.28 bits per heavy atom. The second-order valence-corrected chi connectivity index (χ2v) is 9.46. The van der Waals surface area contributed by atoms with E-state index in [0.717, 1.165) is 11.1 Å². The lowest BCUT2D eigenvalue weighted by Crippen LogP contribution is -2.57. The summed E-state index contributed by atoms with van der Waals surface area (Å²) in [4.78, 5) is 40.1. The van der Waals surface area contributed by atoms with E-state index in [1.807, 2.05) is 86.6 Å². The van der Waals surface area contributed by atoms with E-state index in [1.54, 1.807) is 30.5 Å². The second kappa shape index (κ2) is 13.2. The highest BCUT2D eigenvalue weighted by atomic mass is 16.5. The predicted octanol–water partition coefficient (Wildman–Crippen LogP) is 4.64. The van der Waals surface area contributed by atoms with Gasteiger partial charge in [0.15, 0.2) is 6.10 Å². The Bertz CT molecular complexity index is 1320. The molecule has 0 aromatic heterocycles. The van der Waals surface area contributed by atoms with Crippen LogP contribution in [0.3, 0.4) is 0 Å². The molecule has 0 unspecified atom stereocenters. The molecule has 2 aliphatic heterocycles. The topological polar surface area (TPSA) is 96.5 Å². The molecule has 0 saturated carbocycles. The van der Waals surface area contributed by atoms with Crippen molar-refractivity contribution in [3.63, 3.8) is 0 Å². The summed E-state index contributed by atoms with van der Waals surface area (Å²) in [5, 5.41) is 8.51. The average Bonchev–Trinajstić information content (AvgIpc) is 2.97. The molecular weight excluding hydrogens is 490 g/mol. The predicted molar refractivity (Wildman–Crippen MR) is 152 cm³/mol. The zero-order chi connectivity index (χ0) is 27.6. The zero-order valence-electron chi connectivity index (χ0n) is 22.0. The Labute approximate surface area is 229 Å². The number of hydrogen-bond acceptors (Lipinski definition) is 4. The van der Waals surface area contributed by atoms with Crippen molar-refractivity contribution < 1.29 is 19.1 Å². The summed E-state index contributed by atoms with van der Waals surface area (Å²) >= 11 is 0. The van der Waals surface area contributed by atoms with Gasteiger partial charge in [-0.15, -0.1) is 0 Å². The van der Waals surface area contributed by atoms with Crippen LogP contribution in [0, 0.1) is 5.92 Å². The van der Waals surface area contributed by atoms with Gasteiger partial charge in [-0.3, -0.25) is 14.4 Å². The summed E-state index contributed by atoms with van der Waals surface area (Å²) in [6.45, 7) is 3.85. The van der Waals surface area contributed by atoms with E-state index in [1.165, 1.54) is 6.08 Å². The lowest BCUT2D eigenvalue weighted by Gasteiger charge is -2.31. The largest absolute Gasteiger partial charge is 0.483 e. The summed E-state index contributed by atoms with van der Waals surface area (Å²) < 4.78 is 6.37. The molecule has 0 radical (unpaired) electrons. The van der Waals surface area contributed by atoms with Crippen molar-refractivity contribution in [3.8, 4) is 5.75 Å². The number of ether oxygens (including phenoxy) is 1. The third-order valence-electron chi connectivity index (χ3n) is 6.68. The highest BCUT2D eigenvalue weighted by molar-refractivity contribution is 5.97. The van der Waals surface area contributed by atoms with Crippen molar-refractivity contribution in [1.29, 1.82) is 0 Å². The molecule has 0 spiro atoms. The summed E-state index contributed by atoms with van der Waals surface area (Å²) in [6, 6.07) is 24.0. The van der Waals surface area contributed by atoms with E-state index >= 15 is 0 Å². The summed E-state index contributed by atoms with van der Waals surface area (Å²) in [6.07, 6.45) is 6.19. The maximum Gasteiger partial charge on any atom is 0.247 e. The number of fused-ring (bicyclic) bond motifs is 10. The van der Waals surface area contributed by atoms with Crippen LogP contribution in [0.4, 0.5) is 0 Å². The molecule has 7 nitrogen and oxygen atoms in total. The first-order valence-electron chi connectivity index (χ1n) is 13.1. The van der Waals surface area contributed by atoms with Crippen molar-refractivity contribution in [1.82, 2.24) is 16.0 Å². The number of carbonyl (C=O) groups excluding carboxylic acids is 3. The molecule has 0 saturated heterocycles. The lowest BCUT2D eigenvalue weighted by molar-refractivity contribution is -0.133. The van der Waals surface area contributed by atoms with E-state index in [2.05, 4.69) is 16.0 Å². The van der Waals surface area contributed by atoms with Crippen LogP contribution < -0.4 is 20.7 Å². The van der Waals surface area contributed by atoms with E-state index in [4.69, 9.17) is 4.74 Å². The van der Waals surface area contributed by atoms with Crippen molar-refractivity contribution in [2.45, 2.75) is 38.5 Å². The van der Waals surface area contributed by atoms with Crippen LogP contribution in [0.25, 0.3) is 12.2 Å². The maximum atomic E-state index is 13.9. The molecule has 39 heavy (non-hydrogen) atoms. The minimum Gasteiger partial charge on any atom is -0.483 e. The highest BCUT2D eigenvalue weighted by Crippen LogP contribution is 2.27. The standard InChI is InChI=1S/C32H33N3O4/c1-3-22(2)28-31(37)33-21-20-24-14-17-26(18-15-24)39-30(25-12-8-5-9-13-25)29(32(38)35-28)34-27(36)19-16-23-10-6-4-7-11-23/h4-22,28-30H,3H2,1-2H3,(H,33,37)(H,34,36)(H,35,38)/b19-16+,21-20+/t22-,28-,29-,30+/m0/s1. The summed E-state index contributed by atoms with van der Waals surface area (Å²) in [5.41, 5.74) is 2.42. The third-order valence-corrected chi connectivity index (χ3v) is 6.68. The Balaban J connectivity index is 1.74. The van der Waals surface area contributed by atoms with Gasteiger partial charge in [0.25, 0.3) is 0 Å². The molecule has 0 aliphatic carbocycles. The van der Waals surface area contributed by atoms with Gasteiger partial charge in [-0.2, -0.15) is 0 Å². The monoisotopic (exact) mass is 523 g/mol. The van der Waals surface area contributed by atoms with Crippen LogP contribution in [0.5, 0.6) is 5.75 Å². The summed E-state index contributed by atoms with van der Waals surface area (Å²) in [7, 11) is 0. The normalized spacial score (nSPS) is 21.2. The van der Waals surface area contributed by atoms with Crippen molar-refractivity contribution in [3.05, 3.63) is 114 Å². The van der Waals surface area contributed by atoms with Crippen LogP contribution in [0.2, 0.25) is 0 Å². The number of nitrogens with one attached hydrogen (secondary N) is 3. The molecule has 3 N–H and O–H groups in total. The van der Waals surface area contributed by atoms with E-state index < -0.39 is 30.0 Å². The molecule has 0 fully saturated rings. The van der Waals surface area contributed by atoms with Crippen LogP contribution in [0.15, 0.2) is 97.2 Å². The van der Waals surface area contributed by atoms with Gasteiger partial charge in [0.2, 0.25) is 17.7 Å². The minimum atomic E-state index is -1.14. The average molecular weight is 524 g/mol. The van der Waals surface area contributed by atoms with Crippen LogP contribution in [0.1, 0.15) is 43.1 Å². The van der Waals surface area contributed by atoms with E-state index in [-0.39, 0.29) is 11.8 Å². The Morgan fingerprint density at radius 2 is 1.62 bits per heavy atom. The quantitative estimate of drug-likeness (QED) is 0.410. The molecule has 2 heterocycles. The first-order chi connectivity index (χ1) is 18.9. The fourth-order valence-corrected chi connectivity index (χ4v) is 4.25. The molecule has 5 rings (SSSR count). The SMILES string of the molecule is CC[C@H](C)[C@@H]1NC(=O)[C@@H](NC(=O)/C=C/c2ccccc2)[C@@H](c2ccccc2)Oc2ccc(cc2)/C=C/NC1=O. The van der Waals surface area contributed by atoms with Crippen molar-refractivity contribution in [2.75, 3.05) is 0 Å². The molecule has 2 bridgehead atoms. The van der Waals surface area contributed by atoms with Gasteiger partial charge in [0.05, 0.1) is 0 Å². The Morgan fingerprint density at radius 1 is 0.949 bits per heavy atom. The number of carbonyl (C=O) groups is 3. The van der Waals surface area contributed by atoms with Crippen LogP contribution in [-0.4, -0.2) is 29.8 Å². The van der Waals surface area contributed by atoms with Gasteiger partial charge < -0.3 is 20.7 Å². The highest BCUT2D eigenvalue weighted by Gasteiger charge is 2.36. The minimum absolute atomic E-state index is 0.154. The van der Waals surface area contributed by atoms with Gasteiger partial charge in [-0.05, 0) is 46.9 Å². The van der Waals surface area contributed by atoms with Gasteiger partial charge in [-0.25, -0.2) is 0 Å².